The lowest BCUT2D eigenvalue weighted by molar-refractivity contribution is 0.833. The summed E-state index contributed by atoms with van der Waals surface area (Å²) in [6, 6.07) is 2.03. The van der Waals surface area contributed by atoms with Crippen LogP contribution in [0.15, 0.2) is 12.4 Å². The highest BCUT2D eigenvalue weighted by atomic mass is 35.5. The van der Waals surface area contributed by atoms with Gasteiger partial charge in [0.25, 0.3) is 0 Å². The number of imidazole rings is 1. The van der Waals surface area contributed by atoms with Crippen LogP contribution < -0.4 is 0 Å². The quantitative estimate of drug-likeness (QED) is 0.608. The average Bonchev–Trinajstić information content (AvgIpc) is 2.18. The number of hydrogen-bond acceptors (Lipinski definition) is 2. The molecule has 54 valence electrons. The molecule has 3 nitrogen and oxygen atoms in total. The van der Waals surface area contributed by atoms with Gasteiger partial charge in [0.15, 0.2) is 0 Å². The lowest BCUT2D eigenvalue weighted by Gasteiger charge is -1.91. The maximum Gasteiger partial charge on any atom is 0.122 e. The molecule has 1 aromatic rings. The summed E-state index contributed by atoms with van der Waals surface area (Å²) in [5.74, 6) is 0.817. The van der Waals surface area contributed by atoms with Crippen molar-refractivity contribution in [2.75, 3.05) is 0 Å². The van der Waals surface area contributed by atoms with E-state index in [1.807, 2.05) is 23.9 Å². The van der Waals surface area contributed by atoms with Crippen LogP contribution in [0.2, 0.25) is 0 Å². The minimum atomic E-state index is 0. The van der Waals surface area contributed by atoms with Gasteiger partial charge >= 0.3 is 0 Å². The molecular weight excluding hydrogens is 150 g/mol. The van der Waals surface area contributed by atoms with Crippen molar-refractivity contribution in [2.45, 2.75) is 6.42 Å². The van der Waals surface area contributed by atoms with Crippen molar-refractivity contribution in [3.05, 3.63) is 18.2 Å². The molecule has 1 rings (SSSR count). The molecule has 4 heteroatoms. The number of nitriles is 1. The van der Waals surface area contributed by atoms with Gasteiger partial charge in [0, 0.05) is 19.4 Å². The molecule has 0 atom stereocenters. The van der Waals surface area contributed by atoms with Gasteiger partial charge in [0.2, 0.25) is 0 Å². The molecule has 0 amide bonds. The maximum absolute atomic E-state index is 8.26. The highest BCUT2D eigenvalue weighted by Gasteiger charge is 1.94. The first-order chi connectivity index (χ1) is 4.34. The van der Waals surface area contributed by atoms with Crippen LogP contribution >= 0.6 is 12.4 Å². The van der Waals surface area contributed by atoms with Gasteiger partial charge in [-0.05, 0) is 0 Å². The summed E-state index contributed by atoms with van der Waals surface area (Å²) in [5.41, 5.74) is 0. The number of halogens is 1. The molecule has 1 heterocycles. The summed E-state index contributed by atoms with van der Waals surface area (Å²) in [7, 11) is 1.87. The predicted molar refractivity (Wildman–Crippen MR) is 39.8 cm³/mol. The molecule has 0 saturated heterocycles. The molecule has 10 heavy (non-hydrogen) atoms. The summed E-state index contributed by atoms with van der Waals surface area (Å²) < 4.78 is 1.84. The zero-order valence-electron chi connectivity index (χ0n) is 5.61. The van der Waals surface area contributed by atoms with Crippen molar-refractivity contribution in [1.82, 2.24) is 9.55 Å². The molecule has 0 fully saturated rings. The van der Waals surface area contributed by atoms with Gasteiger partial charge in [-0.15, -0.1) is 12.4 Å². The van der Waals surface area contributed by atoms with Crippen LogP contribution in [0.3, 0.4) is 0 Å². The van der Waals surface area contributed by atoms with E-state index in [1.165, 1.54) is 0 Å². The Hall–Kier alpha value is -1.01. The van der Waals surface area contributed by atoms with Gasteiger partial charge in [-0.1, -0.05) is 0 Å². The molecule has 0 saturated carbocycles. The van der Waals surface area contributed by atoms with Gasteiger partial charge in [-0.3, -0.25) is 0 Å². The second-order valence-corrected chi connectivity index (χ2v) is 1.79. The first-order valence-corrected chi connectivity index (χ1v) is 2.67. The summed E-state index contributed by atoms with van der Waals surface area (Å²) in [4.78, 5) is 3.95. The highest BCUT2D eigenvalue weighted by molar-refractivity contribution is 5.85. The normalized spacial score (nSPS) is 8.00. The minimum absolute atomic E-state index is 0. The molecule has 0 radical (unpaired) electrons. The monoisotopic (exact) mass is 157 g/mol. The second kappa shape index (κ2) is 3.91. The van der Waals surface area contributed by atoms with E-state index in [1.54, 1.807) is 6.20 Å². The Labute approximate surface area is 65.7 Å². The van der Waals surface area contributed by atoms with Crippen molar-refractivity contribution < 1.29 is 0 Å². The Balaban J connectivity index is 0.000000810. The van der Waals surface area contributed by atoms with E-state index in [2.05, 4.69) is 4.98 Å². The summed E-state index contributed by atoms with van der Waals surface area (Å²) in [6.45, 7) is 0. The van der Waals surface area contributed by atoms with Crippen molar-refractivity contribution in [3.63, 3.8) is 0 Å². The lowest BCUT2D eigenvalue weighted by atomic mass is 10.4. The number of rotatable bonds is 1. The van der Waals surface area contributed by atoms with E-state index < -0.39 is 0 Å². The van der Waals surface area contributed by atoms with Gasteiger partial charge in [0.1, 0.15) is 5.82 Å². The van der Waals surface area contributed by atoms with E-state index in [4.69, 9.17) is 5.26 Å². The zero-order valence-corrected chi connectivity index (χ0v) is 6.43. The van der Waals surface area contributed by atoms with Crippen LogP contribution in [0.5, 0.6) is 0 Å². The fraction of sp³-hybridized carbons (Fsp3) is 0.333. The Morgan fingerprint density at radius 2 is 2.50 bits per heavy atom. The van der Waals surface area contributed by atoms with Gasteiger partial charge in [-0.25, -0.2) is 4.98 Å². The topological polar surface area (TPSA) is 41.6 Å². The largest absolute Gasteiger partial charge is 0.337 e. The Morgan fingerprint density at radius 1 is 1.80 bits per heavy atom. The molecule has 1 aromatic heterocycles. The summed E-state index contributed by atoms with van der Waals surface area (Å²) in [6.07, 6.45) is 3.91. The Morgan fingerprint density at radius 3 is 2.90 bits per heavy atom. The minimum Gasteiger partial charge on any atom is -0.337 e. The third kappa shape index (κ3) is 1.74. The molecule has 0 N–H and O–H groups in total. The molecule has 0 unspecified atom stereocenters. The molecular formula is C6H8ClN3. The first-order valence-electron chi connectivity index (χ1n) is 2.67. The molecule has 0 aliphatic rings. The van der Waals surface area contributed by atoms with E-state index >= 15 is 0 Å². The molecule has 0 aromatic carbocycles. The maximum atomic E-state index is 8.26. The van der Waals surface area contributed by atoms with Crippen LogP contribution in [0.25, 0.3) is 0 Å². The van der Waals surface area contributed by atoms with Gasteiger partial charge in [-0.2, -0.15) is 5.26 Å². The van der Waals surface area contributed by atoms with Gasteiger partial charge in [0.05, 0.1) is 12.5 Å². The van der Waals surface area contributed by atoms with E-state index in [9.17, 15) is 0 Å². The van der Waals surface area contributed by atoms with Crippen molar-refractivity contribution in [2.24, 2.45) is 7.05 Å². The van der Waals surface area contributed by atoms with Crippen molar-refractivity contribution >= 4 is 12.4 Å². The number of nitrogens with zero attached hydrogens (tertiary/aromatic N) is 3. The van der Waals surface area contributed by atoms with Crippen LogP contribution in [0.1, 0.15) is 5.82 Å². The first kappa shape index (κ1) is 8.99. The average molecular weight is 158 g/mol. The molecule has 0 aliphatic heterocycles. The third-order valence-corrected chi connectivity index (χ3v) is 1.16. The zero-order chi connectivity index (χ0) is 6.69. The van der Waals surface area contributed by atoms with E-state index in [0.717, 1.165) is 5.82 Å². The summed E-state index contributed by atoms with van der Waals surface area (Å²) >= 11 is 0. The number of aromatic nitrogens is 2. The molecule has 0 aliphatic carbocycles. The molecule has 0 spiro atoms. The third-order valence-electron chi connectivity index (χ3n) is 1.16. The Kier molecular flexibility index (Phi) is 3.52. The van der Waals surface area contributed by atoms with Crippen molar-refractivity contribution in [1.29, 1.82) is 5.26 Å². The Bertz CT molecular complexity index is 235. The smallest absolute Gasteiger partial charge is 0.122 e. The van der Waals surface area contributed by atoms with E-state index in [-0.39, 0.29) is 12.4 Å². The van der Waals surface area contributed by atoms with Gasteiger partial charge < -0.3 is 4.57 Å². The summed E-state index contributed by atoms with van der Waals surface area (Å²) in [5, 5.41) is 8.26. The number of aryl methyl sites for hydroxylation is 1. The van der Waals surface area contributed by atoms with Crippen molar-refractivity contribution in [3.8, 4) is 6.07 Å². The second-order valence-electron chi connectivity index (χ2n) is 1.79. The van der Waals surface area contributed by atoms with Crippen LogP contribution in [0.4, 0.5) is 0 Å². The standard InChI is InChI=1S/C6H7N3.ClH/c1-9-5-4-8-6(9)2-3-7;/h4-5H,2H2,1H3;1H. The fourth-order valence-electron chi connectivity index (χ4n) is 0.638. The molecule has 0 bridgehead atoms. The van der Waals surface area contributed by atoms with E-state index in [0.29, 0.717) is 6.42 Å². The SMILES string of the molecule is Cl.Cn1ccnc1CC#N. The predicted octanol–water partition coefficient (Wildman–Crippen LogP) is 0.908. The number of hydrogen-bond donors (Lipinski definition) is 0. The fourth-order valence-corrected chi connectivity index (χ4v) is 0.638. The van der Waals surface area contributed by atoms with Crippen LogP contribution in [0, 0.1) is 11.3 Å². The van der Waals surface area contributed by atoms with Crippen LogP contribution in [-0.4, -0.2) is 9.55 Å². The van der Waals surface area contributed by atoms with Crippen LogP contribution in [-0.2, 0) is 13.5 Å². The highest BCUT2D eigenvalue weighted by Crippen LogP contribution is 1.92. The lowest BCUT2D eigenvalue weighted by Crippen LogP contribution is -1.94.